The second-order valence-corrected chi connectivity index (χ2v) is 7.63. The predicted octanol–water partition coefficient (Wildman–Crippen LogP) is -0.117. The third-order valence-electron chi connectivity index (χ3n) is 3.81. The van der Waals surface area contributed by atoms with Crippen LogP contribution in [0.5, 0.6) is 0 Å². The van der Waals surface area contributed by atoms with E-state index in [0.717, 1.165) is 25.9 Å². The van der Waals surface area contributed by atoms with E-state index in [1.807, 2.05) is 0 Å². The van der Waals surface area contributed by atoms with Crippen molar-refractivity contribution in [2.45, 2.75) is 25.9 Å². The van der Waals surface area contributed by atoms with Crippen LogP contribution in [0.1, 0.15) is 19.8 Å². The molecule has 0 bridgehead atoms. The summed E-state index contributed by atoms with van der Waals surface area (Å²) in [6.45, 7) is 6.01. The zero-order valence-corrected chi connectivity index (χ0v) is 12.7. The number of nitrogens with one attached hydrogen (secondary N) is 1. The molecule has 0 amide bonds. The number of hydrogen-bond acceptors (Lipinski definition) is 4. The summed E-state index contributed by atoms with van der Waals surface area (Å²) in [5.74, 6) is 0.449. The van der Waals surface area contributed by atoms with Crippen LogP contribution in [0.2, 0.25) is 0 Å². The van der Waals surface area contributed by atoms with Gasteiger partial charge in [0.1, 0.15) is 0 Å². The van der Waals surface area contributed by atoms with E-state index >= 15 is 0 Å². The molecule has 2 atom stereocenters. The van der Waals surface area contributed by atoms with Crippen LogP contribution >= 0.6 is 0 Å². The van der Waals surface area contributed by atoms with E-state index in [0.29, 0.717) is 32.2 Å². The summed E-state index contributed by atoms with van der Waals surface area (Å²) < 4.78 is 33.6. The number of morpholine rings is 1. The number of piperidine rings is 1. The van der Waals surface area contributed by atoms with Crippen LogP contribution in [-0.4, -0.2) is 69.5 Å². The highest BCUT2D eigenvalue weighted by molar-refractivity contribution is 7.86. The maximum Gasteiger partial charge on any atom is 0.281 e. The predicted molar refractivity (Wildman–Crippen MR) is 74.1 cm³/mol. The minimum atomic E-state index is -3.34. The van der Waals surface area contributed by atoms with Gasteiger partial charge in [-0.15, -0.1) is 0 Å². The quantitative estimate of drug-likeness (QED) is 0.785. The summed E-state index contributed by atoms with van der Waals surface area (Å²) in [4.78, 5) is 0. The van der Waals surface area contributed by atoms with Crippen LogP contribution in [0, 0.1) is 5.92 Å². The second kappa shape index (κ2) is 6.49. The Morgan fingerprint density at radius 1 is 1.47 bits per heavy atom. The van der Waals surface area contributed by atoms with Gasteiger partial charge in [0.15, 0.2) is 0 Å². The number of ether oxygens (including phenoxy) is 1. The summed E-state index contributed by atoms with van der Waals surface area (Å²) >= 11 is 0. The molecule has 2 heterocycles. The number of likely N-dealkylation sites (N-methyl/N-ethyl adjacent to an activating group) is 1. The first-order valence-electron chi connectivity index (χ1n) is 7.04. The van der Waals surface area contributed by atoms with E-state index in [1.54, 1.807) is 11.4 Å². The molecule has 2 fully saturated rings. The smallest absolute Gasteiger partial charge is 0.281 e. The van der Waals surface area contributed by atoms with Crippen molar-refractivity contribution >= 4 is 10.2 Å². The van der Waals surface area contributed by atoms with E-state index in [-0.39, 0.29) is 6.10 Å². The van der Waals surface area contributed by atoms with Crippen molar-refractivity contribution in [3.63, 3.8) is 0 Å². The first-order valence-corrected chi connectivity index (χ1v) is 8.43. The molecule has 6 nitrogen and oxygen atoms in total. The van der Waals surface area contributed by atoms with Gasteiger partial charge in [0.2, 0.25) is 0 Å². The molecule has 2 aliphatic heterocycles. The molecule has 0 aliphatic carbocycles. The fourth-order valence-electron chi connectivity index (χ4n) is 2.67. The van der Waals surface area contributed by atoms with E-state index < -0.39 is 10.2 Å². The Balaban J connectivity index is 1.93. The van der Waals surface area contributed by atoms with Crippen LogP contribution in [0.15, 0.2) is 0 Å². The SMILES string of the molecule is CC1CCCN(S(=O)(=O)N(C)CC2CNCCO2)C1. The highest BCUT2D eigenvalue weighted by Crippen LogP contribution is 2.20. The van der Waals surface area contributed by atoms with Gasteiger partial charge in [-0.1, -0.05) is 6.92 Å². The summed E-state index contributed by atoms with van der Waals surface area (Å²) in [5.41, 5.74) is 0. The van der Waals surface area contributed by atoms with Crippen molar-refractivity contribution in [2.24, 2.45) is 5.92 Å². The van der Waals surface area contributed by atoms with E-state index in [4.69, 9.17) is 4.74 Å². The number of hydrogen-bond donors (Lipinski definition) is 1. The topological polar surface area (TPSA) is 61.9 Å². The standard InChI is InChI=1S/C12H25N3O3S/c1-11-4-3-6-15(9-11)19(16,17)14(2)10-12-8-13-5-7-18-12/h11-13H,3-10H2,1-2H3. The third kappa shape index (κ3) is 3.88. The molecular weight excluding hydrogens is 266 g/mol. The Kier molecular flexibility index (Phi) is 5.19. The highest BCUT2D eigenvalue weighted by Gasteiger charge is 2.32. The fraction of sp³-hybridized carbons (Fsp3) is 1.00. The first kappa shape index (κ1) is 15.2. The van der Waals surface area contributed by atoms with Crippen molar-refractivity contribution in [3.8, 4) is 0 Å². The fourth-order valence-corrected chi connectivity index (χ4v) is 4.22. The zero-order valence-electron chi connectivity index (χ0n) is 11.8. The summed E-state index contributed by atoms with van der Waals surface area (Å²) in [6.07, 6.45) is 2.02. The number of rotatable bonds is 4. The van der Waals surface area contributed by atoms with E-state index in [1.165, 1.54) is 4.31 Å². The Hall–Kier alpha value is -0.210. The molecule has 0 radical (unpaired) electrons. The zero-order chi connectivity index (χ0) is 13.9. The molecule has 7 heteroatoms. The van der Waals surface area contributed by atoms with Crippen LogP contribution in [-0.2, 0) is 14.9 Å². The Morgan fingerprint density at radius 3 is 2.89 bits per heavy atom. The lowest BCUT2D eigenvalue weighted by atomic mass is 10.0. The molecule has 1 N–H and O–H groups in total. The molecule has 2 unspecified atom stereocenters. The lowest BCUT2D eigenvalue weighted by Gasteiger charge is -2.34. The normalized spacial score (nSPS) is 30.7. The minimum absolute atomic E-state index is 0.0456. The molecule has 112 valence electrons. The largest absolute Gasteiger partial charge is 0.374 e. The maximum absolute atomic E-state index is 12.5. The van der Waals surface area contributed by atoms with E-state index in [2.05, 4.69) is 12.2 Å². The molecule has 0 aromatic carbocycles. The minimum Gasteiger partial charge on any atom is -0.374 e. The van der Waals surface area contributed by atoms with Gasteiger partial charge in [0, 0.05) is 39.8 Å². The van der Waals surface area contributed by atoms with Crippen LogP contribution < -0.4 is 5.32 Å². The van der Waals surface area contributed by atoms with Gasteiger partial charge in [0.25, 0.3) is 10.2 Å². The molecule has 0 spiro atoms. The van der Waals surface area contributed by atoms with Crippen molar-refractivity contribution in [1.82, 2.24) is 13.9 Å². The Labute approximate surface area is 116 Å². The second-order valence-electron chi connectivity index (χ2n) is 5.59. The van der Waals surface area contributed by atoms with Crippen LogP contribution in [0.25, 0.3) is 0 Å². The van der Waals surface area contributed by atoms with Gasteiger partial charge in [0.05, 0.1) is 12.7 Å². The van der Waals surface area contributed by atoms with Crippen molar-refractivity contribution in [2.75, 3.05) is 46.4 Å². The average molecular weight is 291 g/mol. The Bertz CT molecular complexity index is 382. The highest BCUT2D eigenvalue weighted by atomic mass is 32.2. The summed E-state index contributed by atoms with van der Waals surface area (Å²) in [6, 6.07) is 0. The van der Waals surface area contributed by atoms with Gasteiger partial charge >= 0.3 is 0 Å². The lowest BCUT2D eigenvalue weighted by molar-refractivity contribution is 0.0198. The van der Waals surface area contributed by atoms with Gasteiger partial charge in [-0.05, 0) is 18.8 Å². The molecular formula is C12H25N3O3S. The first-order chi connectivity index (χ1) is 9.00. The van der Waals surface area contributed by atoms with Gasteiger partial charge < -0.3 is 10.1 Å². The van der Waals surface area contributed by atoms with Gasteiger partial charge in [-0.3, -0.25) is 0 Å². The molecule has 0 aromatic heterocycles. The molecule has 0 aromatic rings. The lowest BCUT2D eigenvalue weighted by Crippen LogP contribution is -2.51. The van der Waals surface area contributed by atoms with E-state index in [9.17, 15) is 8.42 Å². The number of nitrogens with zero attached hydrogens (tertiary/aromatic N) is 2. The molecule has 2 rings (SSSR count). The van der Waals surface area contributed by atoms with Crippen molar-refractivity contribution in [3.05, 3.63) is 0 Å². The molecule has 2 aliphatic rings. The monoisotopic (exact) mass is 291 g/mol. The summed E-state index contributed by atoms with van der Waals surface area (Å²) in [7, 11) is -1.69. The van der Waals surface area contributed by atoms with Crippen LogP contribution in [0.4, 0.5) is 0 Å². The molecule has 19 heavy (non-hydrogen) atoms. The molecule has 0 saturated carbocycles. The van der Waals surface area contributed by atoms with Gasteiger partial charge in [-0.25, -0.2) is 0 Å². The third-order valence-corrected chi connectivity index (χ3v) is 5.73. The average Bonchev–Trinajstić information content (AvgIpc) is 2.40. The maximum atomic E-state index is 12.5. The Morgan fingerprint density at radius 2 is 2.26 bits per heavy atom. The molecule has 2 saturated heterocycles. The van der Waals surface area contributed by atoms with Crippen LogP contribution in [0.3, 0.4) is 0 Å². The summed E-state index contributed by atoms with van der Waals surface area (Å²) in [5, 5.41) is 3.22. The van der Waals surface area contributed by atoms with Crippen molar-refractivity contribution < 1.29 is 13.2 Å². The van der Waals surface area contributed by atoms with Crippen molar-refractivity contribution in [1.29, 1.82) is 0 Å². The van der Waals surface area contributed by atoms with Gasteiger partial charge in [-0.2, -0.15) is 17.0 Å².